The quantitative estimate of drug-likeness (QED) is 0.750. The SMILES string of the molecule is O=C(O[Se]c1ccccc1)C(F)(F)F. The minimum atomic E-state index is -4.91. The van der Waals surface area contributed by atoms with Gasteiger partial charge in [0.1, 0.15) is 0 Å². The van der Waals surface area contributed by atoms with E-state index in [1.807, 2.05) is 0 Å². The summed E-state index contributed by atoms with van der Waals surface area (Å²) in [7, 11) is 0. The molecule has 0 radical (unpaired) electrons. The Morgan fingerprint density at radius 2 is 1.79 bits per heavy atom. The van der Waals surface area contributed by atoms with Crippen molar-refractivity contribution in [2.75, 3.05) is 0 Å². The van der Waals surface area contributed by atoms with Gasteiger partial charge in [-0.3, -0.25) is 0 Å². The molecule has 1 aromatic rings. The van der Waals surface area contributed by atoms with Crippen molar-refractivity contribution in [2.45, 2.75) is 6.18 Å². The molecule has 0 amide bonds. The van der Waals surface area contributed by atoms with E-state index in [0.717, 1.165) is 0 Å². The normalized spacial score (nSPS) is 11.1. The molecule has 0 saturated carbocycles. The summed E-state index contributed by atoms with van der Waals surface area (Å²) in [5.41, 5.74) is 0. The molecule has 0 aliphatic heterocycles. The first-order valence-corrected chi connectivity index (χ1v) is 5.06. The number of hydrogen-bond donors (Lipinski definition) is 0. The van der Waals surface area contributed by atoms with Gasteiger partial charge in [-0.2, -0.15) is 0 Å². The van der Waals surface area contributed by atoms with Gasteiger partial charge in [0.15, 0.2) is 0 Å². The molecule has 0 aliphatic rings. The van der Waals surface area contributed by atoms with Crippen LogP contribution < -0.4 is 4.46 Å². The molecule has 0 N–H and O–H groups in total. The van der Waals surface area contributed by atoms with Crippen molar-refractivity contribution in [1.29, 1.82) is 0 Å². The summed E-state index contributed by atoms with van der Waals surface area (Å²) in [6, 6.07) is 8.26. The van der Waals surface area contributed by atoms with Crippen LogP contribution in [-0.2, 0) is 8.61 Å². The Kier molecular flexibility index (Phi) is 3.55. The molecule has 0 aromatic heterocycles. The van der Waals surface area contributed by atoms with Crippen LogP contribution >= 0.6 is 0 Å². The van der Waals surface area contributed by atoms with Crippen molar-refractivity contribution in [2.24, 2.45) is 0 Å². The van der Waals surface area contributed by atoms with Crippen LogP contribution in [0.15, 0.2) is 30.3 Å². The van der Waals surface area contributed by atoms with E-state index in [9.17, 15) is 18.0 Å². The van der Waals surface area contributed by atoms with Gasteiger partial charge < -0.3 is 0 Å². The van der Waals surface area contributed by atoms with Crippen LogP contribution in [0.5, 0.6) is 0 Å². The number of carbonyl (C=O) groups excluding carboxylic acids is 1. The third kappa shape index (κ3) is 3.39. The van der Waals surface area contributed by atoms with Crippen LogP contribution in [0.2, 0.25) is 0 Å². The van der Waals surface area contributed by atoms with Gasteiger partial charge in [0, 0.05) is 0 Å². The number of halogens is 3. The summed E-state index contributed by atoms with van der Waals surface area (Å²) in [6.07, 6.45) is -4.91. The van der Waals surface area contributed by atoms with Gasteiger partial charge in [-0.1, -0.05) is 0 Å². The van der Waals surface area contributed by atoms with Gasteiger partial charge in [-0.25, -0.2) is 0 Å². The fourth-order valence-corrected chi connectivity index (χ4v) is 1.73. The summed E-state index contributed by atoms with van der Waals surface area (Å²) in [5.74, 6) is -2.14. The summed E-state index contributed by atoms with van der Waals surface area (Å²) >= 11 is -0.923. The Bertz CT molecular complexity index is 310. The number of alkyl halides is 3. The fraction of sp³-hybridized carbons (Fsp3) is 0.125. The Hall–Kier alpha value is -1.00. The summed E-state index contributed by atoms with van der Waals surface area (Å²) < 4.78 is 39.7. The van der Waals surface area contributed by atoms with E-state index in [1.165, 1.54) is 0 Å². The van der Waals surface area contributed by atoms with E-state index in [-0.39, 0.29) is 0 Å². The van der Waals surface area contributed by atoms with Crippen LogP contribution in [0.4, 0.5) is 13.2 Å². The molecule has 2 nitrogen and oxygen atoms in total. The molecule has 0 heterocycles. The molecule has 0 saturated heterocycles. The van der Waals surface area contributed by atoms with Crippen LogP contribution in [-0.4, -0.2) is 27.4 Å². The van der Waals surface area contributed by atoms with E-state index in [1.54, 1.807) is 30.3 Å². The average molecular weight is 269 g/mol. The molecular weight excluding hydrogens is 264 g/mol. The predicted molar refractivity (Wildman–Crippen MR) is 44.0 cm³/mol. The van der Waals surface area contributed by atoms with Crippen LogP contribution in [0.1, 0.15) is 0 Å². The molecule has 6 heteroatoms. The molecule has 0 bridgehead atoms. The van der Waals surface area contributed by atoms with E-state index in [4.69, 9.17) is 0 Å². The standard InChI is InChI=1S/C8H5F3O2Se/c9-8(10,11)7(12)13-14-6-4-2-1-3-5-6/h1-5H. The van der Waals surface area contributed by atoms with Crippen LogP contribution in [0.25, 0.3) is 0 Å². The van der Waals surface area contributed by atoms with Gasteiger partial charge in [-0.05, 0) is 0 Å². The Morgan fingerprint density at radius 3 is 2.29 bits per heavy atom. The number of hydrogen-bond acceptors (Lipinski definition) is 2. The van der Waals surface area contributed by atoms with Gasteiger partial charge in [0.25, 0.3) is 0 Å². The monoisotopic (exact) mass is 270 g/mol. The maximum atomic E-state index is 11.7. The third-order valence-electron chi connectivity index (χ3n) is 1.19. The fourth-order valence-electron chi connectivity index (χ4n) is 0.609. The zero-order chi connectivity index (χ0) is 10.6. The molecule has 0 fully saturated rings. The maximum absolute atomic E-state index is 11.7. The second-order valence-corrected chi connectivity index (χ2v) is 3.95. The Balaban J connectivity index is 2.46. The Labute approximate surface area is 84.5 Å². The number of benzene rings is 1. The summed E-state index contributed by atoms with van der Waals surface area (Å²) in [5, 5.41) is 0. The molecule has 1 aromatic carbocycles. The average Bonchev–Trinajstić information content (AvgIpc) is 2.14. The van der Waals surface area contributed by atoms with Gasteiger partial charge in [-0.15, -0.1) is 0 Å². The molecule has 14 heavy (non-hydrogen) atoms. The van der Waals surface area contributed by atoms with Crippen LogP contribution in [0, 0.1) is 0 Å². The summed E-state index contributed by atoms with van der Waals surface area (Å²) in [6.45, 7) is 0. The van der Waals surface area contributed by atoms with Crippen LogP contribution in [0.3, 0.4) is 0 Å². The van der Waals surface area contributed by atoms with Crippen molar-refractivity contribution in [3.63, 3.8) is 0 Å². The number of carbonyl (C=O) groups is 1. The zero-order valence-electron chi connectivity index (χ0n) is 6.75. The van der Waals surface area contributed by atoms with E-state index in [0.29, 0.717) is 4.46 Å². The van der Waals surface area contributed by atoms with Gasteiger partial charge in [0.2, 0.25) is 0 Å². The first-order chi connectivity index (χ1) is 6.50. The topological polar surface area (TPSA) is 26.3 Å². The minimum absolute atomic E-state index is 0.581. The van der Waals surface area contributed by atoms with Crippen molar-refractivity contribution >= 4 is 25.7 Å². The molecule has 76 valence electrons. The van der Waals surface area contributed by atoms with Crippen molar-refractivity contribution in [1.82, 2.24) is 0 Å². The zero-order valence-corrected chi connectivity index (χ0v) is 8.46. The molecule has 0 aliphatic carbocycles. The second kappa shape index (κ2) is 4.48. The third-order valence-corrected chi connectivity index (χ3v) is 2.66. The predicted octanol–water partition coefficient (Wildman–Crippen LogP) is 1.04. The van der Waals surface area contributed by atoms with Gasteiger partial charge >= 0.3 is 84.0 Å². The first kappa shape index (κ1) is 11.1. The van der Waals surface area contributed by atoms with Crippen molar-refractivity contribution in [3.05, 3.63) is 30.3 Å². The summed E-state index contributed by atoms with van der Waals surface area (Å²) in [4.78, 5) is 10.3. The Morgan fingerprint density at radius 1 is 1.21 bits per heavy atom. The van der Waals surface area contributed by atoms with E-state index in [2.05, 4.69) is 3.82 Å². The molecule has 0 spiro atoms. The molecular formula is C8H5F3O2Se. The molecule has 1 rings (SSSR count). The first-order valence-electron chi connectivity index (χ1n) is 3.51. The molecule has 0 atom stereocenters. The van der Waals surface area contributed by atoms with E-state index >= 15 is 0 Å². The van der Waals surface area contributed by atoms with Gasteiger partial charge in [0.05, 0.1) is 0 Å². The number of rotatable bonds is 2. The second-order valence-electron chi connectivity index (χ2n) is 2.26. The molecule has 0 unspecified atom stereocenters. The van der Waals surface area contributed by atoms with Crippen molar-refractivity contribution < 1.29 is 21.8 Å². The van der Waals surface area contributed by atoms with E-state index < -0.39 is 27.4 Å². The van der Waals surface area contributed by atoms with Crippen molar-refractivity contribution in [3.8, 4) is 0 Å².